The monoisotopic (exact) mass is 428 g/mol. The van der Waals surface area contributed by atoms with E-state index in [0.717, 1.165) is 45.2 Å². The van der Waals surface area contributed by atoms with E-state index in [9.17, 15) is 13.2 Å². The zero-order valence-corrected chi connectivity index (χ0v) is 18.3. The van der Waals surface area contributed by atoms with Crippen LogP contribution in [0.4, 0.5) is 5.69 Å². The van der Waals surface area contributed by atoms with Crippen LogP contribution in [-0.2, 0) is 14.8 Å². The van der Waals surface area contributed by atoms with Crippen molar-refractivity contribution in [1.82, 2.24) is 4.31 Å². The van der Waals surface area contributed by atoms with E-state index >= 15 is 0 Å². The van der Waals surface area contributed by atoms with Gasteiger partial charge in [0, 0.05) is 13.1 Å². The highest BCUT2D eigenvalue weighted by molar-refractivity contribution is 7.89. The Kier molecular flexibility index (Phi) is 7.02. The van der Waals surface area contributed by atoms with Crippen LogP contribution in [0.5, 0.6) is 0 Å². The van der Waals surface area contributed by atoms with Crippen LogP contribution in [0.15, 0.2) is 23.1 Å². The van der Waals surface area contributed by atoms with E-state index in [2.05, 4.69) is 12.2 Å². The first-order valence-corrected chi connectivity index (χ1v) is 12.1. The quantitative estimate of drug-likeness (QED) is 0.754. The largest absolute Gasteiger partial charge is 0.325 e. The second-order valence-corrected chi connectivity index (χ2v) is 10.5. The molecule has 0 aromatic heterocycles. The number of rotatable bonds is 5. The number of likely N-dealkylation sites (tertiary alicyclic amines) is 1. The van der Waals surface area contributed by atoms with Crippen LogP contribution in [0, 0.1) is 5.92 Å². The number of quaternary nitrogens is 1. The van der Waals surface area contributed by atoms with Gasteiger partial charge in [-0.15, -0.1) is 0 Å². The van der Waals surface area contributed by atoms with Gasteiger partial charge in [0.2, 0.25) is 10.0 Å². The Morgan fingerprint density at radius 1 is 1.21 bits per heavy atom. The number of carbonyl (C=O) groups excluding carboxylic acids is 1. The van der Waals surface area contributed by atoms with Crippen LogP contribution in [0.1, 0.15) is 46.0 Å². The fourth-order valence-electron chi connectivity index (χ4n) is 4.01. The van der Waals surface area contributed by atoms with Crippen LogP contribution in [0.3, 0.4) is 0 Å². The van der Waals surface area contributed by atoms with Crippen LogP contribution in [0.25, 0.3) is 0 Å². The van der Waals surface area contributed by atoms with Crippen LogP contribution in [0.2, 0.25) is 5.02 Å². The number of benzene rings is 1. The summed E-state index contributed by atoms with van der Waals surface area (Å²) in [6.07, 6.45) is 5.06. The van der Waals surface area contributed by atoms with Gasteiger partial charge in [-0.05, 0) is 56.7 Å². The van der Waals surface area contributed by atoms with Gasteiger partial charge in [-0.2, -0.15) is 4.31 Å². The van der Waals surface area contributed by atoms with Gasteiger partial charge < -0.3 is 10.2 Å². The fraction of sp³-hybridized carbons (Fsp3) is 0.650. The van der Waals surface area contributed by atoms with Gasteiger partial charge in [0.05, 0.1) is 28.7 Å². The zero-order valence-electron chi connectivity index (χ0n) is 16.7. The van der Waals surface area contributed by atoms with Crippen LogP contribution in [-0.4, -0.2) is 50.9 Å². The topological polar surface area (TPSA) is 70.9 Å². The molecule has 2 fully saturated rings. The third kappa shape index (κ3) is 4.87. The molecule has 8 heteroatoms. The fourth-order valence-corrected chi connectivity index (χ4v) is 5.72. The summed E-state index contributed by atoms with van der Waals surface area (Å²) in [7, 11) is -3.57. The molecular weight excluding hydrogens is 398 g/mol. The van der Waals surface area contributed by atoms with E-state index in [1.807, 2.05) is 6.92 Å². The summed E-state index contributed by atoms with van der Waals surface area (Å²) in [5, 5.41) is 3.21. The van der Waals surface area contributed by atoms with E-state index in [1.54, 1.807) is 6.07 Å². The number of nitrogens with zero attached hydrogens (tertiary/aromatic N) is 1. The highest BCUT2D eigenvalue weighted by atomic mass is 35.5. The highest BCUT2D eigenvalue weighted by Crippen LogP contribution is 2.28. The lowest BCUT2D eigenvalue weighted by Crippen LogP contribution is -3.17. The van der Waals surface area contributed by atoms with E-state index in [0.29, 0.717) is 29.7 Å². The molecular formula is C20H31ClN3O3S+. The van der Waals surface area contributed by atoms with E-state index in [1.165, 1.54) is 21.3 Å². The molecule has 0 spiro atoms. The van der Waals surface area contributed by atoms with Gasteiger partial charge in [0.1, 0.15) is 0 Å². The van der Waals surface area contributed by atoms with Crippen molar-refractivity contribution >= 4 is 33.2 Å². The average molecular weight is 429 g/mol. The molecule has 6 nitrogen and oxygen atoms in total. The van der Waals surface area contributed by atoms with Crippen molar-refractivity contribution in [2.45, 2.75) is 56.9 Å². The number of sulfonamides is 1. The molecule has 2 N–H and O–H groups in total. The molecule has 1 atom stereocenters. The number of anilines is 1. The first-order valence-electron chi connectivity index (χ1n) is 10.2. The molecule has 156 valence electrons. The second-order valence-electron chi connectivity index (χ2n) is 8.16. The Bertz CT molecular complexity index is 801. The van der Waals surface area contributed by atoms with E-state index in [4.69, 9.17) is 11.6 Å². The van der Waals surface area contributed by atoms with Gasteiger partial charge in [0.15, 0.2) is 6.04 Å². The maximum Gasteiger partial charge on any atom is 0.282 e. The summed E-state index contributed by atoms with van der Waals surface area (Å²) in [4.78, 5) is 14.2. The summed E-state index contributed by atoms with van der Waals surface area (Å²) >= 11 is 6.26. The van der Waals surface area contributed by atoms with Crippen molar-refractivity contribution in [3.63, 3.8) is 0 Å². The molecule has 1 aromatic carbocycles. The predicted octanol–water partition coefficient (Wildman–Crippen LogP) is 2.16. The van der Waals surface area contributed by atoms with Gasteiger partial charge in [-0.3, -0.25) is 4.79 Å². The SMILES string of the molecule is CC1CC[NH+]([C@H](C)C(=O)Nc2cc(S(=O)(=O)N3CCCCC3)ccc2Cl)CC1. The molecule has 0 radical (unpaired) electrons. The molecule has 2 heterocycles. The Morgan fingerprint density at radius 3 is 2.50 bits per heavy atom. The minimum Gasteiger partial charge on any atom is -0.325 e. The van der Waals surface area contributed by atoms with Crippen molar-refractivity contribution in [1.29, 1.82) is 0 Å². The molecule has 28 heavy (non-hydrogen) atoms. The van der Waals surface area contributed by atoms with Crippen molar-refractivity contribution in [3.8, 4) is 0 Å². The molecule has 1 amide bonds. The second kappa shape index (κ2) is 9.11. The number of amides is 1. The molecule has 2 saturated heterocycles. The number of piperidine rings is 2. The Balaban J connectivity index is 1.73. The number of halogens is 1. The van der Waals surface area contributed by atoms with E-state index < -0.39 is 10.0 Å². The van der Waals surface area contributed by atoms with Crippen molar-refractivity contribution in [2.24, 2.45) is 5.92 Å². The predicted molar refractivity (Wildman–Crippen MR) is 111 cm³/mol. The smallest absolute Gasteiger partial charge is 0.282 e. The number of carbonyl (C=O) groups is 1. The van der Waals surface area contributed by atoms with Crippen LogP contribution < -0.4 is 10.2 Å². The zero-order chi connectivity index (χ0) is 20.3. The normalized spacial score (nSPS) is 25.2. The molecule has 0 bridgehead atoms. The summed E-state index contributed by atoms with van der Waals surface area (Å²) in [5.74, 6) is 0.587. The lowest BCUT2D eigenvalue weighted by atomic mass is 9.98. The summed E-state index contributed by atoms with van der Waals surface area (Å²) < 4.78 is 27.3. The average Bonchev–Trinajstić information content (AvgIpc) is 2.70. The first kappa shape index (κ1) is 21.6. The minimum absolute atomic E-state index is 0.126. The van der Waals surface area contributed by atoms with Crippen LogP contribution >= 0.6 is 11.6 Å². The van der Waals surface area contributed by atoms with Gasteiger partial charge in [-0.1, -0.05) is 24.9 Å². The number of hydrogen-bond donors (Lipinski definition) is 2. The molecule has 2 aliphatic heterocycles. The molecule has 0 saturated carbocycles. The summed E-state index contributed by atoms with van der Waals surface area (Å²) in [6.45, 7) is 7.21. The first-order chi connectivity index (χ1) is 13.3. The Hall–Kier alpha value is -1.15. The van der Waals surface area contributed by atoms with Crippen molar-refractivity contribution in [2.75, 3.05) is 31.5 Å². The Morgan fingerprint density at radius 2 is 1.86 bits per heavy atom. The summed E-state index contributed by atoms with van der Waals surface area (Å²) in [6, 6.07) is 4.35. The van der Waals surface area contributed by atoms with Gasteiger partial charge in [-0.25, -0.2) is 8.42 Å². The van der Waals surface area contributed by atoms with Gasteiger partial charge >= 0.3 is 0 Å². The molecule has 2 aliphatic rings. The van der Waals surface area contributed by atoms with Gasteiger partial charge in [0.25, 0.3) is 5.91 Å². The standard InChI is InChI=1S/C20H30ClN3O3S/c1-15-8-12-23(13-9-15)16(2)20(25)22-19-14-17(6-7-18(19)21)28(26,27)24-10-4-3-5-11-24/h6-7,14-16H,3-5,8-13H2,1-2H3,(H,22,25)/p+1/t16-/m1/s1. The maximum absolute atomic E-state index is 12.9. The molecule has 0 unspecified atom stereocenters. The third-order valence-electron chi connectivity index (χ3n) is 6.07. The molecule has 3 rings (SSSR count). The summed E-state index contributed by atoms with van der Waals surface area (Å²) in [5.41, 5.74) is 0.362. The van der Waals surface area contributed by atoms with E-state index in [-0.39, 0.29) is 16.8 Å². The third-order valence-corrected chi connectivity index (χ3v) is 8.29. The van der Waals surface area contributed by atoms with Crippen molar-refractivity contribution < 1.29 is 18.1 Å². The molecule has 0 aliphatic carbocycles. The maximum atomic E-state index is 12.9. The van der Waals surface area contributed by atoms with Crippen molar-refractivity contribution in [3.05, 3.63) is 23.2 Å². The highest BCUT2D eigenvalue weighted by Gasteiger charge is 2.30. The Labute approximate surface area is 173 Å². The number of nitrogens with one attached hydrogen (secondary N) is 2. The lowest BCUT2D eigenvalue weighted by molar-refractivity contribution is -0.919. The minimum atomic E-state index is -3.57. The molecule has 1 aromatic rings. The number of hydrogen-bond acceptors (Lipinski definition) is 3. The lowest BCUT2D eigenvalue weighted by Gasteiger charge is -2.31.